The van der Waals surface area contributed by atoms with Gasteiger partial charge in [0, 0.05) is 30.5 Å². The summed E-state index contributed by atoms with van der Waals surface area (Å²) in [5.41, 5.74) is 2.52. The normalized spacial score (nSPS) is 23.0. The molecule has 2 aliphatic rings. The molecular weight excluding hydrogens is 318 g/mol. The standard InChI is InChI=1S/C19H21N3O3/c1-12-8-9-20-22(12)15-6-4-14(5-7-15)18(23)21-10-16(13-2-3-13)17(11-21)19(24)25/h4-9,13,16-17H,2-3,10-11H2,1H3,(H,24,25)/t16-,17+/m1/s1. The van der Waals surface area contributed by atoms with Crippen LogP contribution in [0.2, 0.25) is 0 Å². The number of carboxylic acid groups (broad SMARTS) is 1. The molecule has 2 atom stereocenters. The third-order valence-corrected chi connectivity index (χ3v) is 5.39. The number of rotatable bonds is 4. The predicted molar refractivity (Wildman–Crippen MR) is 91.5 cm³/mol. The van der Waals surface area contributed by atoms with Crippen LogP contribution >= 0.6 is 0 Å². The first-order valence-corrected chi connectivity index (χ1v) is 8.68. The number of hydrogen-bond acceptors (Lipinski definition) is 3. The van der Waals surface area contributed by atoms with Gasteiger partial charge in [-0.15, -0.1) is 0 Å². The molecule has 130 valence electrons. The van der Waals surface area contributed by atoms with Crippen molar-refractivity contribution >= 4 is 11.9 Å². The Balaban J connectivity index is 1.51. The fourth-order valence-electron chi connectivity index (χ4n) is 3.83. The first-order chi connectivity index (χ1) is 12.0. The molecule has 1 N–H and O–H groups in total. The van der Waals surface area contributed by atoms with E-state index < -0.39 is 11.9 Å². The minimum Gasteiger partial charge on any atom is -0.481 e. The van der Waals surface area contributed by atoms with Crippen molar-refractivity contribution in [2.75, 3.05) is 13.1 Å². The summed E-state index contributed by atoms with van der Waals surface area (Å²) in [6.07, 6.45) is 3.92. The molecule has 1 amide bonds. The molecule has 0 unspecified atom stereocenters. The molecule has 0 radical (unpaired) electrons. The lowest BCUT2D eigenvalue weighted by Crippen LogP contribution is -2.29. The topological polar surface area (TPSA) is 75.4 Å². The Kier molecular flexibility index (Phi) is 3.82. The third kappa shape index (κ3) is 2.92. The van der Waals surface area contributed by atoms with Crippen molar-refractivity contribution in [2.24, 2.45) is 17.8 Å². The quantitative estimate of drug-likeness (QED) is 0.928. The van der Waals surface area contributed by atoms with Gasteiger partial charge in [0.25, 0.3) is 5.91 Å². The van der Waals surface area contributed by atoms with Crippen LogP contribution < -0.4 is 0 Å². The number of benzene rings is 1. The van der Waals surface area contributed by atoms with E-state index in [1.54, 1.807) is 23.2 Å². The summed E-state index contributed by atoms with van der Waals surface area (Å²) < 4.78 is 1.81. The van der Waals surface area contributed by atoms with Crippen molar-refractivity contribution in [3.8, 4) is 5.69 Å². The molecule has 4 rings (SSSR count). The molecule has 0 spiro atoms. The molecule has 2 heterocycles. The van der Waals surface area contributed by atoms with E-state index in [4.69, 9.17) is 0 Å². The smallest absolute Gasteiger partial charge is 0.308 e. The molecule has 25 heavy (non-hydrogen) atoms. The second-order valence-electron chi connectivity index (χ2n) is 7.09. The highest BCUT2D eigenvalue weighted by atomic mass is 16.4. The number of nitrogens with zero attached hydrogens (tertiary/aromatic N) is 3. The second kappa shape index (κ2) is 6.02. The maximum absolute atomic E-state index is 12.8. The lowest BCUT2D eigenvalue weighted by molar-refractivity contribution is -0.142. The Morgan fingerprint density at radius 3 is 2.40 bits per heavy atom. The van der Waals surface area contributed by atoms with Crippen LogP contribution in [-0.4, -0.2) is 44.8 Å². The molecule has 2 aromatic rings. The van der Waals surface area contributed by atoms with E-state index in [0.717, 1.165) is 24.2 Å². The summed E-state index contributed by atoms with van der Waals surface area (Å²) >= 11 is 0. The molecule has 1 aromatic carbocycles. The fraction of sp³-hybridized carbons (Fsp3) is 0.421. The van der Waals surface area contributed by atoms with E-state index in [0.29, 0.717) is 24.6 Å². The lowest BCUT2D eigenvalue weighted by atomic mass is 9.92. The number of carbonyl (C=O) groups excluding carboxylic acids is 1. The average Bonchev–Trinajstić information content (AvgIpc) is 3.20. The number of carboxylic acids is 1. The molecule has 6 heteroatoms. The molecule has 2 fully saturated rings. The van der Waals surface area contributed by atoms with Crippen LogP contribution in [0.4, 0.5) is 0 Å². The van der Waals surface area contributed by atoms with E-state index in [2.05, 4.69) is 5.10 Å². The molecule has 0 bridgehead atoms. The zero-order valence-corrected chi connectivity index (χ0v) is 14.1. The van der Waals surface area contributed by atoms with Crippen LogP contribution in [0.15, 0.2) is 36.5 Å². The molecule has 1 saturated heterocycles. The molecular formula is C19H21N3O3. The highest BCUT2D eigenvalue weighted by Crippen LogP contribution is 2.44. The highest BCUT2D eigenvalue weighted by molar-refractivity contribution is 5.95. The van der Waals surface area contributed by atoms with E-state index in [-0.39, 0.29) is 11.8 Å². The number of aromatic nitrogens is 2. The van der Waals surface area contributed by atoms with Crippen LogP contribution in [0.3, 0.4) is 0 Å². The SMILES string of the molecule is Cc1ccnn1-c1ccc(C(=O)N2C[C@H](C(=O)O)[C@@H](C3CC3)C2)cc1. The van der Waals surface area contributed by atoms with Crippen molar-refractivity contribution < 1.29 is 14.7 Å². The van der Waals surface area contributed by atoms with Crippen molar-refractivity contribution in [1.82, 2.24) is 14.7 Å². The predicted octanol–water partition coefficient (Wildman–Crippen LogP) is 2.36. The van der Waals surface area contributed by atoms with E-state index in [9.17, 15) is 14.7 Å². The Hall–Kier alpha value is -2.63. The van der Waals surface area contributed by atoms with Crippen LogP contribution in [0.25, 0.3) is 5.69 Å². The molecule has 1 aliphatic heterocycles. The van der Waals surface area contributed by atoms with Crippen LogP contribution in [0.1, 0.15) is 28.9 Å². The summed E-state index contributed by atoms with van der Waals surface area (Å²) in [5.74, 6) is -0.714. The van der Waals surface area contributed by atoms with Crippen molar-refractivity contribution in [2.45, 2.75) is 19.8 Å². The lowest BCUT2D eigenvalue weighted by Gasteiger charge is -2.16. The van der Waals surface area contributed by atoms with Crippen molar-refractivity contribution in [3.05, 3.63) is 47.8 Å². The summed E-state index contributed by atoms with van der Waals surface area (Å²) in [4.78, 5) is 26.0. The zero-order valence-electron chi connectivity index (χ0n) is 14.1. The Morgan fingerprint density at radius 1 is 1.12 bits per heavy atom. The van der Waals surface area contributed by atoms with Crippen LogP contribution in [-0.2, 0) is 4.79 Å². The van der Waals surface area contributed by atoms with Gasteiger partial charge in [-0.3, -0.25) is 9.59 Å². The van der Waals surface area contributed by atoms with Crippen LogP contribution in [0, 0.1) is 24.7 Å². The molecule has 1 saturated carbocycles. The van der Waals surface area contributed by atoms with Crippen molar-refractivity contribution in [1.29, 1.82) is 0 Å². The molecule has 1 aromatic heterocycles. The van der Waals surface area contributed by atoms with E-state index >= 15 is 0 Å². The van der Waals surface area contributed by atoms with Gasteiger partial charge in [0.05, 0.1) is 11.6 Å². The first kappa shape index (κ1) is 15.9. The van der Waals surface area contributed by atoms with E-state index in [1.807, 2.05) is 29.8 Å². The Morgan fingerprint density at radius 2 is 1.84 bits per heavy atom. The minimum absolute atomic E-state index is 0.0851. The number of likely N-dealkylation sites (tertiary alicyclic amines) is 1. The maximum Gasteiger partial charge on any atom is 0.308 e. The number of aliphatic carboxylic acids is 1. The number of hydrogen-bond donors (Lipinski definition) is 1. The van der Waals surface area contributed by atoms with Gasteiger partial charge in [-0.05, 0) is 61.9 Å². The van der Waals surface area contributed by atoms with Crippen molar-refractivity contribution in [3.63, 3.8) is 0 Å². The van der Waals surface area contributed by atoms with Gasteiger partial charge in [0.1, 0.15) is 0 Å². The van der Waals surface area contributed by atoms with Gasteiger partial charge >= 0.3 is 5.97 Å². The van der Waals surface area contributed by atoms with Gasteiger partial charge in [0.15, 0.2) is 0 Å². The minimum atomic E-state index is -0.781. The number of aryl methyl sites for hydroxylation is 1. The Labute approximate surface area is 146 Å². The highest BCUT2D eigenvalue weighted by Gasteiger charge is 2.46. The van der Waals surface area contributed by atoms with Gasteiger partial charge in [-0.1, -0.05) is 0 Å². The summed E-state index contributed by atoms with van der Waals surface area (Å²) in [7, 11) is 0. The van der Waals surface area contributed by atoms with Gasteiger partial charge < -0.3 is 10.0 Å². The summed E-state index contributed by atoms with van der Waals surface area (Å²) in [6.45, 7) is 2.84. The zero-order chi connectivity index (χ0) is 17.6. The monoisotopic (exact) mass is 339 g/mol. The average molecular weight is 339 g/mol. The van der Waals surface area contributed by atoms with E-state index in [1.165, 1.54) is 0 Å². The maximum atomic E-state index is 12.8. The second-order valence-corrected chi connectivity index (χ2v) is 7.09. The fourth-order valence-corrected chi connectivity index (χ4v) is 3.83. The molecule has 6 nitrogen and oxygen atoms in total. The number of carbonyl (C=O) groups is 2. The van der Waals surface area contributed by atoms with Gasteiger partial charge in [-0.2, -0.15) is 5.10 Å². The Bertz CT molecular complexity index is 808. The number of amides is 1. The first-order valence-electron chi connectivity index (χ1n) is 8.68. The van der Waals surface area contributed by atoms with Gasteiger partial charge in [-0.25, -0.2) is 4.68 Å². The third-order valence-electron chi connectivity index (χ3n) is 5.39. The van der Waals surface area contributed by atoms with Crippen LogP contribution in [0.5, 0.6) is 0 Å². The molecule has 1 aliphatic carbocycles. The van der Waals surface area contributed by atoms with Gasteiger partial charge in [0.2, 0.25) is 0 Å². The summed E-state index contributed by atoms with van der Waals surface area (Å²) in [5, 5.41) is 13.7. The summed E-state index contributed by atoms with van der Waals surface area (Å²) in [6, 6.07) is 9.25. The largest absolute Gasteiger partial charge is 0.481 e.